The van der Waals surface area contributed by atoms with Crippen molar-refractivity contribution < 1.29 is 13.9 Å². The van der Waals surface area contributed by atoms with Crippen molar-refractivity contribution in [3.63, 3.8) is 0 Å². The number of halogens is 1. The smallest absolute Gasteiger partial charge is 0.264 e. The van der Waals surface area contributed by atoms with Gasteiger partial charge in [0.25, 0.3) is 5.91 Å². The number of fused-ring (bicyclic) bond motifs is 3. The van der Waals surface area contributed by atoms with Crippen LogP contribution in [0.5, 0.6) is 0 Å². The molecule has 164 valence electrons. The van der Waals surface area contributed by atoms with Gasteiger partial charge in [0.1, 0.15) is 11.5 Å². The third kappa shape index (κ3) is 3.70. The second kappa shape index (κ2) is 7.93. The highest BCUT2D eigenvalue weighted by Crippen LogP contribution is 2.43. The second-order valence-electron chi connectivity index (χ2n) is 9.41. The molecular weight excluding hydrogens is 422 g/mol. The number of piperidine rings is 1. The molecule has 0 saturated carbocycles. The van der Waals surface area contributed by atoms with Crippen LogP contribution in [-0.2, 0) is 35.1 Å². The number of nitrogens with zero attached hydrogens (tertiary/aromatic N) is 2. The van der Waals surface area contributed by atoms with Crippen LogP contribution in [0.15, 0.2) is 10.5 Å². The first-order chi connectivity index (χ1) is 13.9. The Hall–Kier alpha value is -1.41. The lowest BCUT2D eigenvalue weighted by Crippen LogP contribution is -2.44. The van der Waals surface area contributed by atoms with E-state index < -0.39 is 0 Å². The lowest BCUT2D eigenvalue weighted by atomic mass is 9.83. The van der Waals surface area contributed by atoms with Gasteiger partial charge in [0.15, 0.2) is 5.89 Å². The summed E-state index contributed by atoms with van der Waals surface area (Å²) in [6, 6.07) is 2.12. The Bertz CT molecular complexity index is 940. The highest BCUT2D eigenvalue weighted by atomic mass is 35.5. The number of oxazole rings is 1. The SMILES string of the molecule is CC(C)(C)c1nc2c(o1)CCN(C(=O)c1cc3c(s1)CCOC31CCNCC1)C2.Cl. The zero-order valence-electron chi connectivity index (χ0n) is 17.9. The summed E-state index contributed by atoms with van der Waals surface area (Å²) in [5, 5.41) is 3.42. The summed E-state index contributed by atoms with van der Waals surface area (Å²) in [5.41, 5.74) is 1.85. The Balaban J connectivity index is 0.00000218. The summed E-state index contributed by atoms with van der Waals surface area (Å²) in [6.45, 7) is 10.2. The number of rotatable bonds is 1. The van der Waals surface area contributed by atoms with Crippen LogP contribution in [-0.4, -0.2) is 42.0 Å². The summed E-state index contributed by atoms with van der Waals surface area (Å²) in [5.74, 6) is 1.80. The van der Waals surface area contributed by atoms with Gasteiger partial charge in [0.2, 0.25) is 0 Å². The summed E-state index contributed by atoms with van der Waals surface area (Å²) in [6.07, 6.45) is 3.59. The summed E-state index contributed by atoms with van der Waals surface area (Å²) in [4.78, 5) is 22.1. The fourth-order valence-corrected chi connectivity index (χ4v) is 5.81. The molecule has 1 fully saturated rings. The minimum atomic E-state index is -0.198. The molecule has 0 aliphatic carbocycles. The van der Waals surface area contributed by atoms with Crippen molar-refractivity contribution in [3.05, 3.63) is 38.7 Å². The van der Waals surface area contributed by atoms with Crippen LogP contribution < -0.4 is 5.32 Å². The molecule has 2 aromatic rings. The lowest BCUT2D eigenvalue weighted by Gasteiger charge is -2.40. The monoisotopic (exact) mass is 451 g/mol. The molecule has 5 rings (SSSR count). The first-order valence-electron chi connectivity index (χ1n) is 10.6. The van der Waals surface area contributed by atoms with E-state index in [0.29, 0.717) is 13.1 Å². The minimum Gasteiger partial charge on any atom is -0.445 e. The van der Waals surface area contributed by atoms with E-state index in [2.05, 4.69) is 32.2 Å². The zero-order valence-corrected chi connectivity index (χ0v) is 19.5. The van der Waals surface area contributed by atoms with Gasteiger partial charge in [0, 0.05) is 29.7 Å². The molecule has 1 N–H and O–H groups in total. The van der Waals surface area contributed by atoms with Crippen LogP contribution in [0.1, 0.15) is 71.1 Å². The average molecular weight is 452 g/mol. The van der Waals surface area contributed by atoms with Crippen molar-refractivity contribution in [2.75, 3.05) is 26.2 Å². The van der Waals surface area contributed by atoms with E-state index in [9.17, 15) is 4.79 Å². The van der Waals surface area contributed by atoms with Gasteiger partial charge in [-0.3, -0.25) is 4.79 Å². The number of nitrogens with one attached hydrogen (secondary N) is 1. The van der Waals surface area contributed by atoms with Crippen LogP contribution in [0.2, 0.25) is 0 Å². The molecule has 3 aliphatic rings. The number of carbonyl (C=O) groups excluding carboxylic acids is 1. The molecule has 5 heterocycles. The van der Waals surface area contributed by atoms with Crippen molar-refractivity contribution in [2.24, 2.45) is 0 Å². The normalized spacial score (nSPS) is 20.4. The molecule has 0 radical (unpaired) electrons. The Labute approximate surface area is 187 Å². The van der Waals surface area contributed by atoms with Gasteiger partial charge >= 0.3 is 0 Å². The van der Waals surface area contributed by atoms with Crippen LogP contribution in [0.3, 0.4) is 0 Å². The fourth-order valence-electron chi connectivity index (χ4n) is 4.62. The molecule has 30 heavy (non-hydrogen) atoms. The number of carbonyl (C=O) groups is 1. The number of hydrogen-bond acceptors (Lipinski definition) is 6. The quantitative estimate of drug-likeness (QED) is 0.714. The summed E-state index contributed by atoms with van der Waals surface area (Å²) in [7, 11) is 0. The molecule has 0 unspecified atom stereocenters. The van der Waals surface area contributed by atoms with Gasteiger partial charge in [0.05, 0.1) is 23.6 Å². The maximum atomic E-state index is 13.3. The predicted octanol–water partition coefficient (Wildman–Crippen LogP) is 3.81. The summed E-state index contributed by atoms with van der Waals surface area (Å²) >= 11 is 1.66. The van der Waals surface area contributed by atoms with Crippen molar-refractivity contribution in [3.8, 4) is 0 Å². The van der Waals surface area contributed by atoms with Crippen molar-refractivity contribution >= 4 is 29.7 Å². The third-order valence-corrected chi connectivity index (χ3v) is 7.47. The van der Waals surface area contributed by atoms with E-state index in [1.807, 2.05) is 4.90 Å². The Kier molecular flexibility index (Phi) is 5.77. The average Bonchev–Trinajstić information content (AvgIpc) is 3.32. The largest absolute Gasteiger partial charge is 0.445 e. The topological polar surface area (TPSA) is 67.6 Å². The van der Waals surface area contributed by atoms with E-state index in [1.165, 1.54) is 10.4 Å². The number of hydrogen-bond donors (Lipinski definition) is 1. The molecule has 3 aliphatic heterocycles. The molecule has 0 aromatic carbocycles. The van der Waals surface area contributed by atoms with Crippen LogP contribution in [0, 0.1) is 0 Å². The Morgan fingerprint density at radius 2 is 2.03 bits per heavy atom. The molecule has 1 saturated heterocycles. The van der Waals surface area contributed by atoms with E-state index >= 15 is 0 Å². The van der Waals surface area contributed by atoms with E-state index in [4.69, 9.17) is 14.1 Å². The van der Waals surface area contributed by atoms with Gasteiger partial charge in [-0.25, -0.2) is 4.98 Å². The van der Waals surface area contributed by atoms with Crippen molar-refractivity contribution in [1.29, 1.82) is 0 Å². The van der Waals surface area contributed by atoms with E-state index in [0.717, 1.165) is 67.6 Å². The highest BCUT2D eigenvalue weighted by molar-refractivity contribution is 7.14. The maximum Gasteiger partial charge on any atom is 0.264 e. The predicted molar refractivity (Wildman–Crippen MR) is 119 cm³/mol. The lowest BCUT2D eigenvalue weighted by molar-refractivity contribution is -0.0792. The Morgan fingerprint density at radius 1 is 1.27 bits per heavy atom. The fraction of sp³-hybridized carbons (Fsp3) is 0.636. The van der Waals surface area contributed by atoms with Crippen molar-refractivity contribution in [1.82, 2.24) is 15.2 Å². The molecule has 0 bridgehead atoms. The summed E-state index contributed by atoms with van der Waals surface area (Å²) < 4.78 is 12.2. The molecule has 0 atom stereocenters. The minimum absolute atomic E-state index is 0. The molecule has 1 amide bonds. The van der Waals surface area contributed by atoms with Gasteiger partial charge in [-0.15, -0.1) is 23.7 Å². The first kappa shape index (κ1) is 21.8. The van der Waals surface area contributed by atoms with Gasteiger partial charge in [-0.2, -0.15) is 0 Å². The first-order valence-corrected chi connectivity index (χ1v) is 11.4. The second-order valence-corrected chi connectivity index (χ2v) is 10.5. The highest BCUT2D eigenvalue weighted by Gasteiger charge is 2.41. The van der Waals surface area contributed by atoms with Gasteiger partial charge in [-0.1, -0.05) is 20.8 Å². The van der Waals surface area contributed by atoms with Crippen LogP contribution in [0.25, 0.3) is 0 Å². The molecule has 1 spiro atoms. The Morgan fingerprint density at radius 3 is 2.77 bits per heavy atom. The van der Waals surface area contributed by atoms with E-state index in [1.54, 1.807) is 11.3 Å². The van der Waals surface area contributed by atoms with Crippen LogP contribution >= 0.6 is 23.7 Å². The number of amides is 1. The van der Waals surface area contributed by atoms with E-state index in [-0.39, 0.29) is 29.3 Å². The standard InChI is InChI=1S/C22H29N3O3S.ClH/c1-21(2,3)20-24-15-13-25(10-4-16(15)28-20)19(26)18-12-14-17(29-18)5-11-27-22(14)6-8-23-9-7-22;/h12,23H,4-11,13H2,1-3H3;1H. The third-order valence-electron chi connectivity index (χ3n) is 6.29. The number of ether oxygens (including phenoxy) is 1. The molecule has 8 heteroatoms. The van der Waals surface area contributed by atoms with Crippen molar-refractivity contribution in [2.45, 2.75) is 64.0 Å². The number of thiophene rings is 1. The zero-order chi connectivity index (χ0) is 20.2. The molecule has 2 aromatic heterocycles. The van der Waals surface area contributed by atoms with Gasteiger partial charge in [-0.05, 0) is 37.6 Å². The van der Waals surface area contributed by atoms with Crippen LogP contribution in [0.4, 0.5) is 0 Å². The number of aromatic nitrogens is 1. The molecule has 6 nitrogen and oxygen atoms in total. The maximum absolute atomic E-state index is 13.3. The van der Waals surface area contributed by atoms with Gasteiger partial charge < -0.3 is 19.4 Å². The molecular formula is C22H30ClN3O3S.